The number of nitrogens with two attached hydrogens (primary N) is 1. The summed E-state index contributed by atoms with van der Waals surface area (Å²) in [6.07, 6.45) is 2.34. The normalized spacial score (nSPS) is 19.5. The smallest absolute Gasteiger partial charge is 0.260 e. The fourth-order valence-corrected chi connectivity index (χ4v) is 3.91. The van der Waals surface area contributed by atoms with Gasteiger partial charge in [-0.2, -0.15) is 9.40 Å². The number of hydrogen-bond donors (Lipinski definition) is 1. The standard InChI is InChI=1S/C11H21N5O2S/c1-14-11(3-5-13-14)19(17,18)16-7-2-6-15(8-4-12)9-10-16/h3,5H,2,4,6-10,12H2,1H3. The molecule has 2 rings (SSSR count). The molecule has 1 fully saturated rings. The van der Waals surface area contributed by atoms with Gasteiger partial charge in [0.1, 0.15) is 0 Å². The molecule has 108 valence electrons. The van der Waals surface area contributed by atoms with Crippen molar-refractivity contribution in [3.63, 3.8) is 0 Å². The van der Waals surface area contributed by atoms with Gasteiger partial charge < -0.3 is 10.6 Å². The van der Waals surface area contributed by atoms with Gasteiger partial charge in [0.05, 0.1) is 6.20 Å². The van der Waals surface area contributed by atoms with Crippen molar-refractivity contribution in [3.8, 4) is 0 Å². The van der Waals surface area contributed by atoms with Gasteiger partial charge in [-0.1, -0.05) is 0 Å². The molecule has 2 N–H and O–H groups in total. The summed E-state index contributed by atoms with van der Waals surface area (Å²) in [6.45, 7) is 4.11. The average molecular weight is 287 g/mol. The molecule has 1 aromatic heterocycles. The summed E-state index contributed by atoms with van der Waals surface area (Å²) in [4.78, 5) is 2.21. The van der Waals surface area contributed by atoms with Crippen molar-refractivity contribution in [1.29, 1.82) is 0 Å². The second-order valence-electron chi connectivity index (χ2n) is 4.68. The van der Waals surface area contributed by atoms with Crippen LogP contribution in [0.25, 0.3) is 0 Å². The molecule has 1 saturated heterocycles. The number of aryl methyl sites for hydroxylation is 1. The van der Waals surface area contributed by atoms with E-state index in [-0.39, 0.29) is 5.03 Å². The van der Waals surface area contributed by atoms with E-state index < -0.39 is 10.0 Å². The van der Waals surface area contributed by atoms with Crippen LogP contribution in [0.2, 0.25) is 0 Å². The first kappa shape index (κ1) is 14.4. The number of hydrogen-bond acceptors (Lipinski definition) is 5. The van der Waals surface area contributed by atoms with Crippen LogP contribution in [0.15, 0.2) is 17.3 Å². The first-order chi connectivity index (χ1) is 9.05. The van der Waals surface area contributed by atoms with Crippen LogP contribution in [0.3, 0.4) is 0 Å². The molecule has 0 radical (unpaired) electrons. The van der Waals surface area contributed by atoms with E-state index in [1.54, 1.807) is 11.4 Å². The highest BCUT2D eigenvalue weighted by Crippen LogP contribution is 2.16. The third-order valence-electron chi connectivity index (χ3n) is 3.37. The zero-order valence-electron chi connectivity index (χ0n) is 11.2. The molecule has 0 atom stereocenters. The Morgan fingerprint density at radius 2 is 2.11 bits per heavy atom. The third-order valence-corrected chi connectivity index (χ3v) is 5.35. The van der Waals surface area contributed by atoms with Crippen LogP contribution in [0.1, 0.15) is 6.42 Å². The van der Waals surface area contributed by atoms with Crippen molar-refractivity contribution in [2.45, 2.75) is 11.4 Å². The minimum Gasteiger partial charge on any atom is -0.329 e. The molecule has 1 aliphatic heterocycles. The Labute approximate surface area is 114 Å². The Morgan fingerprint density at radius 3 is 2.74 bits per heavy atom. The molecule has 0 spiro atoms. The summed E-state index contributed by atoms with van der Waals surface area (Å²) in [5.41, 5.74) is 5.54. The molecule has 0 aliphatic carbocycles. The predicted molar refractivity (Wildman–Crippen MR) is 72.1 cm³/mol. The Bertz CT molecular complexity index is 513. The largest absolute Gasteiger partial charge is 0.329 e. The molecular formula is C11H21N5O2S. The molecular weight excluding hydrogens is 266 g/mol. The van der Waals surface area contributed by atoms with Gasteiger partial charge in [-0.3, -0.25) is 4.68 Å². The van der Waals surface area contributed by atoms with E-state index in [1.165, 1.54) is 16.9 Å². The molecule has 0 unspecified atom stereocenters. The lowest BCUT2D eigenvalue weighted by Gasteiger charge is -2.21. The van der Waals surface area contributed by atoms with E-state index in [0.29, 0.717) is 19.6 Å². The lowest BCUT2D eigenvalue weighted by molar-refractivity contribution is 0.294. The molecule has 0 amide bonds. The average Bonchev–Trinajstić information content (AvgIpc) is 2.66. The molecule has 0 aromatic carbocycles. The second kappa shape index (κ2) is 6.00. The van der Waals surface area contributed by atoms with Crippen molar-refractivity contribution >= 4 is 10.0 Å². The molecule has 2 heterocycles. The SMILES string of the molecule is Cn1nccc1S(=O)(=O)N1CCCN(CCN)CC1. The van der Waals surface area contributed by atoms with Crippen LogP contribution in [0.5, 0.6) is 0 Å². The Morgan fingerprint density at radius 1 is 1.32 bits per heavy atom. The highest BCUT2D eigenvalue weighted by atomic mass is 32.2. The van der Waals surface area contributed by atoms with Gasteiger partial charge in [-0.15, -0.1) is 0 Å². The van der Waals surface area contributed by atoms with E-state index in [4.69, 9.17) is 5.73 Å². The van der Waals surface area contributed by atoms with E-state index >= 15 is 0 Å². The fraction of sp³-hybridized carbons (Fsp3) is 0.727. The second-order valence-corrected chi connectivity index (χ2v) is 6.57. The first-order valence-electron chi connectivity index (χ1n) is 6.46. The molecule has 7 nitrogen and oxygen atoms in total. The summed E-state index contributed by atoms with van der Waals surface area (Å²) >= 11 is 0. The predicted octanol–water partition coefficient (Wildman–Crippen LogP) is -0.925. The zero-order valence-corrected chi connectivity index (χ0v) is 12.0. The van der Waals surface area contributed by atoms with Crippen molar-refractivity contribution in [1.82, 2.24) is 19.0 Å². The van der Waals surface area contributed by atoms with Crippen LogP contribution < -0.4 is 5.73 Å². The summed E-state index contributed by atoms with van der Waals surface area (Å²) in [7, 11) is -1.79. The van der Waals surface area contributed by atoms with Gasteiger partial charge >= 0.3 is 0 Å². The number of rotatable bonds is 4. The number of sulfonamides is 1. The molecule has 8 heteroatoms. The van der Waals surface area contributed by atoms with Gasteiger partial charge in [-0.05, 0) is 19.0 Å². The van der Waals surface area contributed by atoms with E-state index in [2.05, 4.69) is 10.00 Å². The lowest BCUT2D eigenvalue weighted by atomic mass is 10.4. The number of nitrogens with zero attached hydrogens (tertiary/aromatic N) is 4. The van der Waals surface area contributed by atoms with Gasteiger partial charge in [0, 0.05) is 39.8 Å². The zero-order chi connectivity index (χ0) is 13.9. The minimum atomic E-state index is -3.44. The van der Waals surface area contributed by atoms with Gasteiger partial charge in [0.15, 0.2) is 5.03 Å². The van der Waals surface area contributed by atoms with Crippen LogP contribution >= 0.6 is 0 Å². The Hall–Kier alpha value is -0.960. The van der Waals surface area contributed by atoms with Crippen molar-refractivity contribution in [2.75, 3.05) is 39.3 Å². The Kier molecular flexibility index (Phi) is 4.56. The molecule has 1 aromatic rings. The van der Waals surface area contributed by atoms with Crippen LogP contribution in [0.4, 0.5) is 0 Å². The quantitative estimate of drug-likeness (QED) is 0.774. The maximum absolute atomic E-state index is 12.5. The molecule has 19 heavy (non-hydrogen) atoms. The van der Waals surface area contributed by atoms with Gasteiger partial charge in [0.2, 0.25) is 0 Å². The molecule has 0 bridgehead atoms. The topological polar surface area (TPSA) is 84.5 Å². The lowest BCUT2D eigenvalue weighted by Crippen LogP contribution is -2.37. The van der Waals surface area contributed by atoms with Gasteiger partial charge in [0.25, 0.3) is 10.0 Å². The van der Waals surface area contributed by atoms with E-state index in [0.717, 1.165) is 26.1 Å². The van der Waals surface area contributed by atoms with Crippen LogP contribution in [-0.2, 0) is 17.1 Å². The van der Waals surface area contributed by atoms with E-state index in [1.807, 2.05) is 0 Å². The minimum absolute atomic E-state index is 0.250. The van der Waals surface area contributed by atoms with Crippen molar-refractivity contribution in [2.24, 2.45) is 12.8 Å². The molecule has 0 saturated carbocycles. The summed E-state index contributed by atoms with van der Waals surface area (Å²) in [5.74, 6) is 0. The molecule has 1 aliphatic rings. The van der Waals surface area contributed by atoms with E-state index in [9.17, 15) is 8.42 Å². The van der Waals surface area contributed by atoms with Gasteiger partial charge in [-0.25, -0.2) is 8.42 Å². The fourth-order valence-electron chi connectivity index (χ4n) is 2.34. The highest BCUT2D eigenvalue weighted by molar-refractivity contribution is 7.89. The Balaban J connectivity index is 2.12. The first-order valence-corrected chi connectivity index (χ1v) is 7.90. The third kappa shape index (κ3) is 3.14. The highest BCUT2D eigenvalue weighted by Gasteiger charge is 2.28. The van der Waals surface area contributed by atoms with Crippen molar-refractivity contribution in [3.05, 3.63) is 12.3 Å². The summed E-state index contributed by atoms with van der Waals surface area (Å²) in [5, 5.41) is 4.18. The van der Waals surface area contributed by atoms with Crippen LogP contribution in [-0.4, -0.2) is 66.7 Å². The number of aromatic nitrogens is 2. The van der Waals surface area contributed by atoms with Crippen LogP contribution in [0, 0.1) is 0 Å². The maximum Gasteiger partial charge on any atom is 0.260 e. The summed E-state index contributed by atoms with van der Waals surface area (Å²) < 4.78 is 28.0. The van der Waals surface area contributed by atoms with Crippen molar-refractivity contribution < 1.29 is 8.42 Å². The maximum atomic E-state index is 12.5. The monoisotopic (exact) mass is 287 g/mol. The summed E-state index contributed by atoms with van der Waals surface area (Å²) in [6, 6.07) is 1.54.